The largest absolute Gasteiger partial charge is 0.381 e. The molecule has 1 saturated heterocycles. The molecule has 0 aromatic carbocycles. The summed E-state index contributed by atoms with van der Waals surface area (Å²) in [5, 5.41) is 2.81. The first-order chi connectivity index (χ1) is 5.70. The van der Waals surface area contributed by atoms with E-state index >= 15 is 0 Å². The first-order valence-electron chi connectivity index (χ1n) is 4.20. The minimum atomic E-state index is 0.0596. The van der Waals surface area contributed by atoms with Gasteiger partial charge in [-0.05, 0) is 13.3 Å². The molecule has 1 N–H and O–H groups in total. The van der Waals surface area contributed by atoms with E-state index in [0.717, 1.165) is 12.0 Å². The van der Waals surface area contributed by atoms with Gasteiger partial charge in [-0.1, -0.05) is 12.2 Å². The molecule has 1 amide bonds. The summed E-state index contributed by atoms with van der Waals surface area (Å²) < 4.78 is 5.10. The fourth-order valence-corrected chi connectivity index (χ4v) is 1.12. The second-order valence-corrected chi connectivity index (χ2v) is 3.24. The number of nitrogens with one attached hydrogen (secondary N) is 1. The van der Waals surface area contributed by atoms with Gasteiger partial charge in [0.25, 0.3) is 0 Å². The molecule has 3 heteroatoms. The second-order valence-electron chi connectivity index (χ2n) is 3.24. The van der Waals surface area contributed by atoms with Crippen LogP contribution in [0.3, 0.4) is 0 Å². The van der Waals surface area contributed by atoms with E-state index in [1.54, 1.807) is 0 Å². The van der Waals surface area contributed by atoms with Crippen molar-refractivity contribution in [2.75, 3.05) is 19.8 Å². The number of carbonyl (C=O) groups excluding carboxylic acids is 1. The highest BCUT2D eigenvalue weighted by Crippen LogP contribution is 2.11. The number of amides is 1. The number of carbonyl (C=O) groups is 1. The van der Waals surface area contributed by atoms with E-state index in [0.29, 0.717) is 19.8 Å². The quantitative estimate of drug-likeness (QED) is 0.632. The summed E-state index contributed by atoms with van der Waals surface area (Å²) in [6.45, 7) is 7.47. The maximum Gasteiger partial charge on any atom is 0.225 e. The molecule has 0 bridgehead atoms. The minimum Gasteiger partial charge on any atom is -0.381 e. The molecule has 1 heterocycles. The zero-order chi connectivity index (χ0) is 8.97. The van der Waals surface area contributed by atoms with Gasteiger partial charge < -0.3 is 10.1 Å². The van der Waals surface area contributed by atoms with Crippen LogP contribution in [0.4, 0.5) is 0 Å². The molecule has 3 nitrogen and oxygen atoms in total. The topological polar surface area (TPSA) is 38.3 Å². The van der Waals surface area contributed by atoms with E-state index < -0.39 is 0 Å². The molecule has 1 aliphatic heterocycles. The van der Waals surface area contributed by atoms with Crippen molar-refractivity contribution in [1.29, 1.82) is 0 Å². The lowest BCUT2D eigenvalue weighted by atomic mass is 10.1. The Morgan fingerprint density at radius 3 is 3.00 bits per heavy atom. The Bertz CT molecular complexity index is 183. The third-order valence-corrected chi connectivity index (χ3v) is 1.86. The van der Waals surface area contributed by atoms with Crippen LogP contribution in [0.25, 0.3) is 0 Å². The molecule has 0 unspecified atom stereocenters. The van der Waals surface area contributed by atoms with E-state index in [1.165, 1.54) is 0 Å². The van der Waals surface area contributed by atoms with Crippen LogP contribution in [0.2, 0.25) is 0 Å². The molecule has 0 radical (unpaired) electrons. The SMILES string of the molecule is C=C(C)CNC(=O)[C@H]1CCOC1. The molecule has 0 saturated carbocycles. The molecular formula is C9H15NO2. The molecular weight excluding hydrogens is 154 g/mol. The molecule has 1 fully saturated rings. The van der Waals surface area contributed by atoms with E-state index in [4.69, 9.17) is 4.74 Å². The first-order valence-corrected chi connectivity index (χ1v) is 4.20. The number of rotatable bonds is 3. The fourth-order valence-electron chi connectivity index (χ4n) is 1.12. The van der Waals surface area contributed by atoms with Crippen molar-refractivity contribution in [1.82, 2.24) is 5.32 Å². The van der Waals surface area contributed by atoms with Gasteiger partial charge >= 0.3 is 0 Å². The third-order valence-electron chi connectivity index (χ3n) is 1.86. The van der Waals surface area contributed by atoms with Crippen molar-refractivity contribution < 1.29 is 9.53 Å². The Balaban J connectivity index is 2.23. The highest BCUT2D eigenvalue weighted by molar-refractivity contribution is 5.79. The first kappa shape index (κ1) is 9.26. The minimum absolute atomic E-state index is 0.0596. The zero-order valence-corrected chi connectivity index (χ0v) is 7.43. The van der Waals surface area contributed by atoms with Crippen LogP contribution in [0, 0.1) is 5.92 Å². The van der Waals surface area contributed by atoms with Gasteiger partial charge in [-0.3, -0.25) is 4.79 Å². The van der Waals surface area contributed by atoms with Crippen molar-refractivity contribution in [2.24, 2.45) is 5.92 Å². The fraction of sp³-hybridized carbons (Fsp3) is 0.667. The van der Waals surface area contributed by atoms with E-state index in [9.17, 15) is 4.79 Å². The van der Waals surface area contributed by atoms with Crippen molar-refractivity contribution >= 4 is 5.91 Å². The van der Waals surface area contributed by atoms with Crippen LogP contribution in [0.5, 0.6) is 0 Å². The highest BCUT2D eigenvalue weighted by atomic mass is 16.5. The smallest absolute Gasteiger partial charge is 0.225 e. The van der Waals surface area contributed by atoms with Gasteiger partial charge in [0.05, 0.1) is 12.5 Å². The van der Waals surface area contributed by atoms with Crippen molar-refractivity contribution in [3.63, 3.8) is 0 Å². The average molecular weight is 169 g/mol. The lowest BCUT2D eigenvalue weighted by Crippen LogP contribution is -2.31. The summed E-state index contributed by atoms with van der Waals surface area (Å²) in [7, 11) is 0. The van der Waals surface area contributed by atoms with Gasteiger partial charge in [0.2, 0.25) is 5.91 Å². The summed E-state index contributed by atoms with van der Waals surface area (Å²) >= 11 is 0. The molecule has 1 aliphatic rings. The van der Waals surface area contributed by atoms with Gasteiger partial charge in [0.15, 0.2) is 0 Å². The molecule has 0 aromatic heterocycles. The van der Waals surface area contributed by atoms with Crippen molar-refractivity contribution in [2.45, 2.75) is 13.3 Å². The maximum absolute atomic E-state index is 11.3. The molecule has 68 valence electrons. The van der Waals surface area contributed by atoms with E-state index in [2.05, 4.69) is 11.9 Å². The molecule has 0 aliphatic carbocycles. The molecule has 12 heavy (non-hydrogen) atoms. The summed E-state index contributed by atoms with van der Waals surface area (Å²) in [6, 6.07) is 0. The Morgan fingerprint density at radius 2 is 2.50 bits per heavy atom. The standard InChI is InChI=1S/C9H15NO2/c1-7(2)5-10-9(11)8-3-4-12-6-8/h8H,1,3-6H2,2H3,(H,10,11)/t8-/m0/s1. The zero-order valence-electron chi connectivity index (χ0n) is 7.43. The molecule has 1 atom stereocenters. The Labute approximate surface area is 72.8 Å². The van der Waals surface area contributed by atoms with Gasteiger partial charge in [-0.15, -0.1) is 0 Å². The van der Waals surface area contributed by atoms with Crippen LogP contribution in [0.15, 0.2) is 12.2 Å². The average Bonchev–Trinajstić information content (AvgIpc) is 2.51. The number of hydrogen-bond acceptors (Lipinski definition) is 2. The maximum atomic E-state index is 11.3. The van der Waals surface area contributed by atoms with Gasteiger partial charge in [-0.25, -0.2) is 0 Å². The predicted molar refractivity (Wildman–Crippen MR) is 46.7 cm³/mol. The summed E-state index contributed by atoms with van der Waals surface area (Å²) in [5.74, 6) is 0.153. The van der Waals surface area contributed by atoms with Crippen LogP contribution >= 0.6 is 0 Å². The van der Waals surface area contributed by atoms with E-state index in [1.807, 2.05) is 6.92 Å². The van der Waals surface area contributed by atoms with Gasteiger partial charge in [0.1, 0.15) is 0 Å². The number of hydrogen-bond donors (Lipinski definition) is 1. The van der Waals surface area contributed by atoms with Crippen LogP contribution in [0.1, 0.15) is 13.3 Å². The lowest BCUT2D eigenvalue weighted by molar-refractivity contribution is -0.124. The third kappa shape index (κ3) is 2.66. The Morgan fingerprint density at radius 1 is 1.75 bits per heavy atom. The lowest BCUT2D eigenvalue weighted by Gasteiger charge is -2.08. The number of ether oxygens (including phenoxy) is 1. The second kappa shape index (κ2) is 4.26. The Hall–Kier alpha value is -0.830. The highest BCUT2D eigenvalue weighted by Gasteiger charge is 2.22. The van der Waals surface area contributed by atoms with Crippen molar-refractivity contribution in [3.8, 4) is 0 Å². The van der Waals surface area contributed by atoms with Crippen LogP contribution < -0.4 is 5.32 Å². The van der Waals surface area contributed by atoms with Gasteiger partial charge in [-0.2, -0.15) is 0 Å². The molecule has 0 aromatic rings. The van der Waals surface area contributed by atoms with Crippen LogP contribution in [-0.2, 0) is 9.53 Å². The van der Waals surface area contributed by atoms with Crippen molar-refractivity contribution in [3.05, 3.63) is 12.2 Å². The van der Waals surface area contributed by atoms with Crippen LogP contribution in [-0.4, -0.2) is 25.7 Å². The normalized spacial score (nSPS) is 22.2. The summed E-state index contributed by atoms with van der Waals surface area (Å²) in [4.78, 5) is 11.3. The Kier molecular flexibility index (Phi) is 3.29. The van der Waals surface area contributed by atoms with E-state index in [-0.39, 0.29) is 11.8 Å². The summed E-state index contributed by atoms with van der Waals surface area (Å²) in [6.07, 6.45) is 0.849. The summed E-state index contributed by atoms with van der Waals surface area (Å²) in [5.41, 5.74) is 0.974. The molecule has 1 rings (SSSR count). The van der Waals surface area contributed by atoms with Gasteiger partial charge in [0, 0.05) is 13.2 Å². The monoisotopic (exact) mass is 169 g/mol. The molecule has 0 spiro atoms. The predicted octanol–water partition coefficient (Wildman–Crippen LogP) is 0.715.